The standard InChI is InChI=1S/C22H35N3O3.HI/c1-4-23-22(25-12-11-18(15-25)16-26-2)24-14-17-9-10-20(21(13-17)27-3)28-19-7-5-6-8-19;/h9-10,13,18-19H,4-8,11-12,14-16H2,1-3H3,(H,23,24);1H. The van der Waals surface area contributed by atoms with E-state index in [-0.39, 0.29) is 24.0 Å². The van der Waals surface area contributed by atoms with Crippen LogP contribution in [-0.2, 0) is 11.3 Å². The number of hydrogen-bond donors (Lipinski definition) is 1. The quantitative estimate of drug-likeness (QED) is 0.320. The van der Waals surface area contributed by atoms with Crippen LogP contribution in [0.2, 0.25) is 0 Å². The van der Waals surface area contributed by atoms with Gasteiger partial charge in [-0.3, -0.25) is 0 Å². The van der Waals surface area contributed by atoms with Crippen molar-refractivity contribution in [2.75, 3.05) is 40.5 Å². The Labute approximate surface area is 192 Å². The Hall–Kier alpha value is -1.22. The number of aliphatic imine (C=N–C) groups is 1. The highest BCUT2D eigenvalue weighted by Crippen LogP contribution is 2.32. The zero-order valence-corrected chi connectivity index (χ0v) is 20.3. The lowest BCUT2D eigenvalue weighted by atomic mass is 10.1. The van der Waals surface area contributed by atoms with Crippen LogP contribution in [-0.4, -0.2) is 57.4 Å². The summed E-state index contributed by atoms with van der Waals surface area (Å²) in [5.74, 6) is 3.20. The largest absolute Gasteiger partial charge is 0.493 e. The summed E-state index contributed by atoms with van der Waals surface area (Å²) in [6.45, 7) is 6.43. The maximum absolute atomic E-state index is 6.14. The normalized spacial score (nSPS) is 19.9. The molecule has 1 heterocycles. The van der Waals surface area contributed by atoms with Gasteiger partial charge in [-0.05, 0) is 56.7 Å². The minimum Gasteiger partial charge on any atom is -0.493 e. The summed E-state index contributed by atoms with van der Waals surface area (Å²) in [4.78, 5) is 7.20. The van der Waals surface area contributed by atoms with Gasteiger partial charge in [0.25, 0.3) is 0 Å². The third-order valence-corrected chi connectivity index (χ3v) is 5.56. The van der Waals surface area contributed by atoms with Crippen molar-refractivity contribution < 1.29 is 14.2 Å². The molecule has 2 aliphatic rings. The zero-order chi connectivity index (χ0) is 19.8. The van der Waals surface area contributed by atoms with Crippen molar-refractivity contribution in [1.29, 1.82) is 0 Å². The van der Waals surface area contributed by atoms with Crippen LogP contribution in [0.3, 0.4) is 0 Å². The molecule has 1 saturated heterocycles. The second kappa shape index (κ2) is 12.5. The number of ether oxygens (including phenoxy) is 3. The Balaban J connectivity index is 0.00000300. The lowest BCUT2D eigenvalue weighted by molar-refractivity contribution is 0.157. The van der Waals surface area contributed by atoms with Gasteiger partial charge in [0.15, 0.2) is 17.5 Å². The lowest BCUT2D eigenvalue weighted by Crippen LogP contribution is -2.40. The molecule has 0 aromatic heterocycles. The van der Waals surface area contributed by atoms with E-state index in [0.717, 1.165) is 68.5 Å². The van der Waals surface area contributed by atoms with Crippen LogP contribution in [0.4, 0.5) is 0 Å². The Bertz CT molecular complexity index is 650. The predicted octanol–water partition coefficient (Wildman–Crippen LogP) is 4.07. The molecule has 2 fully saturated rings. The summed E-state index contributed by atoms with van der Waals surface area (Å²) >= 11 is 0. The zero-order valence-electron chi connectivity index (χ0n) is 18.0. The lowest BCUT2D eigenvalue weighted by Gasteiger charge is -2.22. The Morgan fingerprint density at radius 3 is 2.66 bits per heavy atom. The van der Waals surface area contributed by atoms with E-state index >= 15 is 0 Å². The maximum Gasteiger partial charge on any atom is 0.194 e. The van der Waals surface area contributed by atoms with Gasteiger partial charge in [0.2, 0.25) is 0 Å². The fourth-order valence-corrected chi connectivity index (χ4v) is 4.08. The second-order valence-electron chi connectivity index (χ2n) is 7.74. The van der Waals surface area contributed by atoms with E-state index in [0.29, 0.717) is 18.6 Å². The fourth-order valence-electron chi connectivity index (χ4n) is 4.08. The van der Waals surface area contributed by atoms with Crippen molar-refractivity contribution in [2.45, 2.75) is 51.7 Å². The number of halogens is 1. The highest BCUT2D eigenvalue weighted by Gasteiger charge is 2.24. The van der Waals surface area contributed by atoms with E-state index in [9.17, 15) is 0 Å². The monoisotopic (exact) mass is 517 g/mol. The third kappa shape index (κ3) is 6.91. The van der Waals surface area contributed by atoms with E-state index in [1.165, 1.54) is 12.8 Å². The molecule has 1 unspecified atom stereocenters. The van der Waals surface area contributed by atoms with Gasteiger partial charge in [0, 0.05) is 32.7 Å². The van der Waals surface area contributed by atoms with Crippen molar-refractivity contribution in [1.82, 2.24) is 10.2 Å². The molecule has 3 rings (SSSR count). The number of guanidine groups is 1. The number of methoxy groups -OCH3 is 2. The first-order valence-corrected chi connectivity index (χ1v) is 10.6. The molecular weight excluding hydrogens is 481 g/mol. The highest BCUT2D eigenvalue weighted by molar-refractivity contribution is 14.0. The highest BCUT2D eigenvalue weighted by atomic mass is 127. The molecule has 164 valence electrons. The van der Waals surface area contributed by atoms with Crippen molar-refractivity contribution in [3.05, 3.63) is 23.8 Å². The molecule has 0 bridgehead atoms. The number of likely N-dealkylation sites (tertiary alicyclic amines) is 1. The van der Waals surface area contributed by atoms with Crippen LogP contribution in [0, 0.1) is 5.92 Å². The Kier molecular flexibility index (Phi) is 10.3. The number of hydrogen-bond acceptors (Lipinski definition) is 4. The van der Waals surface area contributed by atoms with Crippen LogP contribution in [0.1, 0.15) is 44.6 Å². The molecule has 1 aliphatic carbocycles. The van der Waals surface area contributed by atoms with Crippen LogP contribution < -0.4 is 14.8 Å². The van der Waals surface area contributed by atoms with Crippen molar-refractivity contribution >= 4 is 29.9 Å². The van der Waals surface area contributed by atoms with Crippen molar-refractivity contribution in [3.63, 3.8) is 0 Å². The number of nitrogens with zero attached hydrogens (tertiary/aromatic N) is 2. The number of nitrogens with one attached hydrogen (secondary N) is 1. The molecular formula is C22H36IN3O3. The minimum absolute atomic E-state index is 0. The maximum atomic E-state index is 6.14. The molecule has 7 heteroatoms. The molecule has 29 heavy (non-hydrogen) atoms. The molecule has 1 saturated carbocycles. The summed E-state index contributed by atoms with van der Waals surface area (Å²) in [5.41, 5.74) is 1.12. The summed E-state index contributed by atoms with van der Waals surface area (Å²) in [5, 5.41) is 3.42. The van der Waals surface area contributed by atoms with E-state index in [2.05, 4.69) is 29.3 Å². The SMILES string of the molecule is CCNC(=NCc1ccc(OC2CCCC2)c(OC)c1)N1CCC(COC)C1.I. The average molecular weight is 517 g/mol. The van der Waals surface area contributed by atoms with Gasteiger partial charge in [-0.2, -0.15) is 0 Å². The van der Waals surface area contributed by atoms with Gasteiger partial charge in [0.05, 0.1) is 26.4 Å². The van der Waals surface area contributed by atoms with Crippen LogP contribution >= 0.6 is 24.0 Å². The molecule has 0 radical (unpaired) electrons. The van der Waals surface area contributed by atoms with Crippen LogP contribution in [0.5, 0.6) is 11.5 Å². The minimum atomic E-state index is 0. The summed E-state index contributed by atoms with van der Waals surface area (Å²) < 4.78 is 17.0. The third-order valence-electron chi connectivity index (χ3n) is 5.56. The van der Waals surface area contributed by atoms with Crippen molar-refractivity contribution in [2.24, 2.45) is 10.9 Å². The van der Waals surface area contributed by atoms with Gasteiger partial charge in [-0.1, -0.05) is 6.07 Å². The summed E-state index contributed by atoms with van der Waals surface area (Å²) in [6, 6.07) is 6.17. The van der Waals surface area contributed by atoms with E-state index < -0.39 is 0 Å². The smallest absolute Gasteiger partial charge is 0.194 e. The summed E-state index contributed by atoms with van der Waals surface area (Å²) in [6.07, 6.45) is 6.28. The van der Waals surface area contributed by atoms with Gasteiger partial charge in [0.1, 0.15) is 0 Å². The fraction of sp³-hybridized carbons (Fsp3) is 0.682. The van der Waals surface area contributed by atoms with Crippen LogP contribution in [0.25, 0.3) is 0 Å². The first kappa shape index (κ1) is 24.1. The second-order valence-corrected chi connectivity index (χ2v) is 7.74. The first-order chi connectivity index (χ1) is 13.7. The Morgan fingerprint density at radius 1 is 1.17 bits per heavy atom. The molecule has 1 aromatic carbocycles. The van der Waals surface area contributed by atoms with Gasteiger partial charge in [-0.25, -0.2) is 4.99 Å². The van der Waals surface area contributed by atoms with E-state index in [4.69, 9.17) is 19.2 Å². The van der Waals surface area contributed by atoms with Gasteiger partial charge >= 0.3 is 0 Å². The molecule has 0 amide bonds. The average Bonchev–Trinajstić information content (AvgIpc) is 3.38. The van der Waals surface area contributed by atoms with Crippen LogP contribution in [0.15, 0.2) is 23.2 Å². The number of rotatable bonds is 8. The molecule has 1 N–H and O–H groups in total. The molecule has 1 aliphatic heterocycles. The summed E-state index contributed by atoms with van der Waals surface area (Å²) in [7, 11) is 3.48. The Morgan fingerprint density at radius 2 is 1.97 bits per heavy atom. The van der Waals surface area contributed by atoms with Gasteiger partial charge < -0.3 is 24.4 Å². The predicted molar refractivity (Wildman–Crippen MR) is 128 cm³/mol. The van der Waals surface area contributed by atoms with E-state index in [1.807, 2.05) is 6.07 Å². The van der Waals surface area contributed by atoms with Gasteiger partial charge in [-0.15, -0.1) is 24.0 Å². The molecule has 0 spiro atoms. The number of benzene rings is 1. The topological polar surface area (TPSA) is 55.3 Å². The van der Waals surface area contributed by atoms with Crippen molar-refractivity contribution in [3.8, 4) is 11.5 Å². The van der Waals surface area contributed by atoms with E-state index in [1.54, 1.807) is 14.2 Å². The molecule has 1 atom stereocenters. The molecule has 1 aromatic rings. The molecule has 6 nitrogen and oxygen atoms in total. The first-order valence-electron chi connectivity index (χ1n) is 10.6.